The van der Waals surface area contributed by atoms with Crippen molar-refractivity contribution >= 4 is 5.91 Å². The second-order valence-electron chi connectivity index (χ2n) is 7.59. The number of aliphatic hydroxyl groups is 1. The third kappa shape index (κ3) is 2.87. The van der Waals surface area contributed by atoms with Crippen LogP contribution in [0.15, 0.2) is 0 Å². The molecule has 106 valence electrons. The Labute approximate surface area is 111 Å². The molecular weight excluding hydrogens is 226 g/mol. The zero-order chi connectivity index (χ0) is 14.2. The van der Waals surface area contributed by atoms with Gasteiger partial charge < -0.3 is 10.4 Å². The molecule has 3 heteroatoms. The largest absolute Gasteiger partial charge is 0.396 e. The van der Waals surface area contributed by atoms with E-state index in [1.165, 1.54) is 0 Å². The van der Waals surface area contributed by atoms with Crippen LogP contribution in [0.25, 0.3) is 0 Å². The highest BCUT2D eigenvalue weighted by molar-refractivity contribution is 5.84. The molecular formula is C15H29NO2. The Morgan fingerprint density at radius 3 is 2.11 bits per heavy atom. The molecule has 0 bridgehead atoms. The molecule has 0 aromatic carbocycles. The van der Waals surface area contributed by atoms with E-state index in [9.17, 15) is 4.79 Å². The summed E-state index contributed by atoms with van der Waals surface area (Å²) in [5, 5.41) is 11.9. The Balaban J connectivity index is 2.44. The van der Waals surface area contributed by atoms with Crippen LogP contribution in [0.5, 0.6) is 0 Å². The van der Waals surface area contributed by atoms with Gasteiger partial charge in [0.15, 0.2) is 0 Å². The van der Waals surface area contributed by atoms with Crippen LogP contribution in [0.4, 0.5) is 0 Å². The van der Waals surface area contributed by atoms with Gasteiger partial charge in [0, 0.05) is 19.1 Å². The Bertz CT molecular complexity index is 304. The molecule has 1 aliphatic rings. The lowest BCUT2D eigenvalue weighted by Gasteiger charge is -2.24. The van der Waals surface area contributed by atoms with Crippen LogP contribution in [0.3, 0.4) is 0 Å². The smallest absolute Gasteiger partial charge is 0.224 e. The molecule has 0 radical (unpaired) electrons. The van der Waals surface area contributed by atoms with Crippen molar-refractivity contribution in [3.8, 4) is 0 Å². The van der Waals surface area contributed by atoms with Crippen LogP contribution in [0.2, 0.25) is 0 Å². The molecule has 2 N–H and O–H groups in total. The fourth-order valence-electron chi connectivity index (χ4n) is 2.93. The SMILES string of the molecule is CC(C)(CCCO)CNC(=O)C1C(C)(C)C1(C)C. The van der Waals surface area contributed by atoms with E-state index in [1.807, 2.05) is 0 Å². The van der Waals surface area contributed by atoms with E-state index < -0.39 is 0 Å². The first-order valence-corrected chi connectivity index (χ1v) is 6.95. The topological polar surface area (TPSA) is 49.3 Å². The summed E-state index contributed by atoms with van der Waals surface area (Å²) in [7, 11) is 0. The van der Waals surface area contributed by atoms with E-state index in [1.54, 1.807) is 0 Å². The Kier molecular flexibility index (Phi) is 4.16. The summed E-state index contributed by atoms with van der Waals surface area (Å²) in [4.78, 5) is 12.2. The highest BCUT2D eigenvalue weighted by atomic mass is 16.2. The number of nitrogens with one attached hydrogen (secondary N) is 1. The van der Waals surface area contributed by atoms with Crippen molar-refractivity contribution in [2.45, 2.75) is 54.4 Å². The lowest BCUT2D eigenvalue weighted by atomic mass is 9.88. The van der Waals surface area contributed by atoms with Crippen molar-refractivity contribution in [1.29, 1.82) is 0 Å². The van der Waals surface area contributed by atoms with Gasteiger partial charge in [-0.2, -0.15) is 0 Å². The molecule has 18 heavy (non-hydrogen) atoms. The minimum atomic E-state index is 0.0571. The summed E-state index contributed by atoms with van der Waals surface area (Å²) in [6.07, 6.45) is 1.73. The van der Waals surface area contributed by atoms with Gasteiger partial charge in [-0.3, -0.25) is 4.79 Å². The summed E-state index contributed by atoms with van der Waals surface area (Å²) in [6.45, 7) is 13.8. The molecule has 1 fully saturated rings. The lowest BCUT2D eigenvalue weighted by molar-refractivity contribution is -0.123. The quantitative estimate of drug-likeness (QED) is 0.766. The van der Waals surface area contributed by atoms with E-state index in [-0.39, 0.29) is 34.7 Å². The molecule has 0 aromatic rings. The molecule has 0 heterocycles. The predicted octanol–water partition coefficient (Wildman–Crippen LogP) is 2.58. The average Bonchev–Trinajstić information content (AvgIpc) is 2.64. The Morgan fingerprint density at radius 2 is 1.72 bits per heavy atom. The van der Waals surface area contributed by atoms with Crippen molar-refractivity contribution in [2.75, 3.05) is 13.2 Å². The number of carbonyl (C=O) groups is 1. The van der Waals surface area contributed by atoms with Crippen LogP contribution in [0.1, 0.15) is 54.4 Å². The fraction of sp³-hybridized carbons (Fsp3) is 0.933. The minimum absolute atomic E-state index is 0.0571. The van der Waals surface area contributed by atoms with E-state index in [2.05, 4.69) is 46.9 Å². The molecule has 3 nitrogen and oxygen atoms in total. The zero-order valence-electron chi connectivity index (χ0n) is 12.8. The summed E-state index contributed by atoms with van der Waals surface area (Å²) >= 11 is 0. The molecule has 0 spiro atoms. The van der Waals surface area contributed by atoms with Gasteiger partial charge in [-0.05, 0) is 29.1 Å². The van der Waals surface area contributed by atoms with Gasteiger partial charge in [0.05, 0.1) is 0 Å². The fourth-order valence-corrected chi connectivity index (χ4v) is 2.93. The van der Waals surface area contributed by atoms with Gasteiger partial charge in [-0.1, -0.05) is 41.5 Å². The number of hydrogen-bond acceptors (Lipinski definition) is 2. The Morgan fingerprint density at radius 1 is 1.22 bits per heavy atom. The summed E-state index contributed by atoms with van der Waals surface area (Å²) in [5.74, 6) is 0.306. The first-order valence-electron chi connectivity index (χ1n) is 6.95. The van der Waals surface area contributed by atoms with Crippen molar-refractivity contribution in [2.24, 2.45) is 22.2 Å². The van der Waals surface area contributed by atoms with Crippen molar-refractivity contribution in [3.63, 3.8) is 0 Å². The van der Waals surface area contributed by atoms with Gasteiger partial charge in [0.25, 0.3) is 0 Å². The standard InChI is InChI=1S/C15H29NO2/c1-13(2,8-7-9-17)10-16-12(18)11-14(3,4)15(11,5)6/h11,17H,7-10H2,1-6H3,(H,16,18). The van der Waals surface area contributed by atoms with Crippen molar-refractivity contribution in [1.82, 2.24) is 5.32 Å². The van der Waals surface area contributed by atoms with Crippen molar-refractivity contribution in [3.05, 3.63) is 0 Å². The van der Waals surface area contributed by atoms with E-state index in [4.69, 9.17) is 5.11 Å². The van der Waals surface area contributed by atoms with Crippen LogP contribution < -0.4 is 5.32 Å². The van der Waals surface area contributed by atoms with E-state index in [0.717, 1.165) is 12.8 Å². The summed E-state index contributed by atoms with van der Waals surface area (Å²) in [6, 6.07) is 0. The third-order valence-corrected chi connectivity index (χ3v) is 5.04. The average molecular weight is 255 g/mol. The van der Waals surface area contributed by atoms with Crippen LogP contribution >= 0.6 is 0 Å². The van der Waals surface area contributed by atoms with Crippen LogP contribution in [0, 0.1) is 22.2 Å². The monoisotopic (exact) mass is 255 g/mol. The number of rotatable bonds is 6. The first kappa shape index (κ1) is 15.5. The minimum Gasteiger partial charge on any atom is -0.396 e. The van der Waals surface area contributed by atoms with Gasteiger partial charge >= 0.3 is 0 Å². The van der Waals surface area contributed by atoms with E-state index >= 15 is 0 Å². The maximum absolute atomic E-state index is 12.2. The second-order valence-corrected chi connectivity index (χ2v) is 7.59. The molecule has 0 aromatic heterocycles. The lowest BCUT2D eigenvalue weighted by Crippen LogP contribution is -2.36. The highest BCUT2D eigenvalue weighted by Crippen LogP contribution is 2.68. The van der Waals surface area contributed by atoms with Gasteiger partial charge in [-0.15, -0.1) is 0 Å². The van der Waals surface area contributed by atoms with Crippen LogP contribution in [-0.2, 0) is 4.79 Å². The highest BCUT2D eigenvalue weighted by Gasteiger charge is 2.68. The number of hydrogen-bond donors (Lipinski definition) is 2. The van der Waals surface area contributed by atoms with Crippen molar-refractivity contribution < 1.29 is 9.90 Å². The van der Waals surface area contributed by atoms with Crippen LogP contribution in [-0.4, -0.2) is 24.2 Å². The van der Waals surface area contributed by atoms with Gasteiger partial charge in [-0.25, -0.2) is 0 Å². The molecule has 0 unspecified atom stereocenters. The second kappa shape index (κ2) is 4.84. The normalized spacial score (nSPS) is 21.7. The zero-order valence-corrected chi connectivity index (χ0v) is 12.8. The number of aliphatic hydroxyl groups excluding tert-OH is 1. The number of carbonyl (C=O) groups excluding carboxylic acids is 1. The molecule has 1 aliphatic carbocycles. The maximum Gasteiger partial charge on any atom is 0.224 e. The third-order valence-electron chi connectivity index (χ3n) is 5.04. The molecule has 0 aliphatic heterocycles. The first-order chi connectivity index (χ1) is 8.06. The molecule has 1 saturated carbocycles. The van der Waals surface area contributed by atoms with Gasteiger partial charge in [0.2, 0.25) is 5.91 Å². The predicted molar refractivity (Wildman–Crippen MR) is 74.2 cm³/mol. The van der Waals surface area contributed by atoms with E-state index in [0.29, 0.717) is 6.54 Å². The summed E-state index contributed by atoms with van der Waals surface area (Å²) < 4.78 is 0. The van der Waals surface area contributed by atoms with Gasteiger partial charge in [0.1, 0.15) is 0 Å². The molecule has 0 atom stereocenters. The summed E-state index contributed by atoms with van der Waals surface area (Å²) in [5.41, 5.74) is 0.264. The number of amides is 1. The molecule has 1 amide bonds. The molecule has 0 saturated heterocycles. The molecule has 1 rings (SSSR count). The maximum atomic E-state index is 12.2. The Hall–Kier alpha value is -0.570.